The van der Waals surface area contributed by atoms with Gasteiger partial charge in [-0.05, 0) is 37.8 Å². The summed E-state index contributed by atoms with van der Waals surface area (Å²) in [6, 6.07) is 3.67. The first kappa shape index (κ1) is 24.6. The van der Waals surface area contributed by atoms with Gasteiger partial charge in [-0.25, -0.2) is 9.78 Å². The molecule has 1 heterocycles. The molecule has 0 bridgehead atoms. The van der Waals surface area contributed by atoms with Crippen molar-refractivity contribution in [1.29, 1.82) is 0 Å². The lowest BCUT2D eigenvalue weighted by atomic mass is 10.1. The SMILES string of the molecule is O=C(COC(=O)c1cccnc1SCC(=O)NC1CCCCCC1)NC1CCCCCC1. The molecule has 0 saturated heterocycles. The van der Waals surface area contributed by atoms with Crippen LogP contribution in [0, 0.1) is 0 Å². The van der Waals surface area contributed by atoms with Gasteiger partial charge in [-0.1, -0.05) is 63.1 Å². The molecule has 32 heavy (non-hydrogen) atoms. The summed E-state index contributed by atoms with van der Waals surface area (Å²) in [4.78, 5) is 41.4. The number of carbonyl (C=O) groups excluding carboxylic acids is 3. The van der Waals surface area contributed by atoms with E-state index >= 15 is 0 Å². The van der Waals surface area contributed by atoms with E-state index in [1.807, 2.05) is 0 Å². The van der Waals surface area contributed by atoms with E-state index < -0.39 is 5.97 Å². The molecule has 1 aromatic heterocycles. The molecule has 0 aromatic carbocycles. The minimum Gasteiger partial charge on any atom is -0.452 e. The van der Waals surface area contributed by atoms with Gasteiger partial charge in [0.15, 0.2) is 6.61 Å². The van der Waals surface area contributed by atoms with Crippen LogP contribution in [0.1, 0.15) is 87.4 Å². The maximum atomic E-state index is 12.6. The Kier molecular flexibility index (Phi) is 10.3. The number of nitrogens with zero attached hydrogens (tertiary/aromatic N) is 1. The standard InChI is InChI=1S/C24H35N3O4S/c28-21(26-18-10-5-1-2-6-11-18)16-31-24(30)20-14-9-15-25-23(20)32-17-22(29)27-19-12-7-3-4-8-13-19/h9,14-15,18-19H,1-8,10-13,16-17H2,(H,26,28)(H,27,29). The summed E-state index contributed by atoms with van der Waals surface area (Å²) < 4.78 is 5.24. The molecule has 8 heteroatoms. The number of hydrogen-bond donors (Lipinski definition) is 2. The molecule has 0 aliphatic heterocycles. The van der Waals surface area contributed by atoms with Gasteiger partial charge in [0, 0.05) is 18.3 Å². The summed E-state index contributed by atoms with van der Waals surface area (Å²) in [6.07, 6.45) is 15.0. The molecule has 0 atom stereocenters. The van der Waals surface area contributed by atoms with Crippen LogP contribution in [0.4, 0.5) is 0 Å². The van der Waals surface area contributed by atoms with E-state index in [0.717, 1.165) is 51.4 Å². The van der Waals surface area contributed by atoms with Crippen molar-refractivity contribution in [2.45, 2.75) is 94.2 Å². The Bertz CT molecular complexity index is 757. The number of aromatic nitrogens is 1. The Morgan fingerprint density at radius 1 is 0.875 bits per heavy atom. The molecule has 2 aliphatic carbocycles. The minimum atomic E-state index is -0.596. The molecule has 0 radical (unpaired) electrons. The summed E-state index contributed by atoms with van der Waals surface area (Å²) in [5.74, 6) is -0.725. The van der Waals surface area contributed by atoms with Crippen LogP contribution in [-0.4, -0.2) is 47.2 Å². The number of thioether (sulfide) groups is 1. The zero-order valence-electron chi connectivity index (χ0n) is 18.8. The molecule has 2 saturated carbocycles. The topological polar surface area (TPSA) is 97.4 Å². The van der Waals surface area contributed by atoms with E-state index in [2.05, 4.69) is 15.6 Å². The van der Waals surface area contributed by atoms with E-state index in [4.69, 9.17) is 4.74 Å². The van der Waals surface area contributed by atoms with Crippen molar-refractivity contribution in [1.82, 2.24) is 15.6 Å². The van der Waals surface area contributed by atoms with E-state index in [9.17, 15) is 14.4 Å². The predicted octanol–water partition coefficient (Wildman–Crippen LogP) is 4.01. The second-order valence-electron chi connectivity index (χ2n) is 8.73. The maximum absolute atomic E-state index is 12.6. The second-order valence-corrected chi connectivity index (χ2v) is 9.70. The third-order valence-corrected chi connectivity index (χ3v) is 7.11. The molecule has 176 valence electrons. The van der Waals surface area contributed by atoms with Gasteiger partial charge in [-0.2, -0.15) is 0 Å². The zero-order valence-corrected chi connectivity index (χ0v) is 19.6. The highest BCUT2D eigenvalue weighted by Crippen LogP contribution is 2.22. The molecule has 0 unspecified atom stereocenters. The first-order valence-corrected chi connectivity index (χ1v) is 12.9. The van der Waals surface area contributed by atoms with Crippen LogP contribution in [0.2, 0.25) is 0 Å². The summed E-state index contributed by atoms with van der Waals surface area (Å²) in [5, 5.41) is 6.52. The summed E-state index contributed by atoms with van der Waals surface area (Å²) >= 11 is 1.22. The van der Waals surface area contributed by atoms with Crippen molar-refractivity contribution in [2.24, 2.45) is 0 Å². The second kappa shape index (κ2) is 13.5. The molecular formula is C24H35N3O4S. The monoisotopic (exact) mass is 461 g/mol. The molecule has 2 N–H and O–H groups in total. The van der Waals surface area contributed by atoms with Gasteiger partial charge in [0.2, 0.25) is 5.91 Å². The lowest BCUT2D eigenvalue weighted by Crippen LogP contribution is -2.37. The number of esters is 1. The largest absolute Gasteiger partial charge is 0.452 e. The Morgan fingerprint density at radius 2 is 1.44 bits per heavy atom. The Labute approximate surface area is 194 Å². The van der Waals surface area contributed by atoms with Crippen molar-refractivity contribution >= 4 is 29.5 Å². The summed E-state index contributed by atoms with van der Waals surface area (Å²) in [5.41, 5.74) is 0.280. The van der Waals surface area contributed by atoms with Crippen molar-refractivity contribution in [2.75, 3.05) is 12.4 Å². The van der Waals surface area contributed by atoms with E-state index in [-0.39, 0.29) is 41.8 Å². The summed E-state index contributed by atoms with van der Waals surface area (Å²) in [7, 11) is 0. The lowest BCUT2D eigenvalue weighted by Gasteiger charge is -2.16. The number of ether oxygens (including phenoxy) is 1. The molecule has 2 fully saturated rings. The number of nitrogens with one attached hydrogen (secondary N) is 2. The number of carbonyl (C=O) groups is 3. The molecular weight excluding hydrogens is 426 g/mol. The van der Waals surface area contributed by atoms with Gasteiger partial charge in [0.1, 0.15) is 5.03 Å². The first-order valence-electron chi connectivity index (χ1n) is 12.0. The molecule has 2 aliphatic rings. The minimum absolute atomic E-state index is 0.0466. The molecule has 2 amide bonds. The summed E-state index contributed by atoms with van der Waals surface area (Å²) in [6.45, 7) is -0.309. The van der Waals surface area contributed by atoms with Crippen LogP contribution in [0.5, 0.6) is 0 Å². The van der Waals surface area contributed by atoms with Gasteiger partial charge in [0.25, 0.3) is 5.91 Å². The van der Waals surface area contributed by atoms with Crippen molar-refractivity contribution in [3.63, 3.8) is 0 Å². The molecule has 0 spiro atoms. The number of pyridine rings is 1. The molecule has 3 rings (SSSR count). The normalized spacial score (nSPS) is 18.2. The van der Waals surface area contributed by atoms with Gasteiger partial charge < -0.3 is 15.4 Å². The fourth-order valence-corrected chi connectivity index (χ4v) is 5.18. The van der Waals surface area contributed by atoms with Crippen molar-refractivity contribution in [3.05, 3.63) is 23.9 Å². The van der Waals surface area contributed by atoms with Crippen LogP contribution in [0.15, 0.2) is 23.4 Å². The zero-order chi connectivity index (χ0) is 22.6. The smallest absolute Gasteiger partial charge is 0.341 e. The fraction of sp³-hybridized carbons (Fsp3) is 0.667. The van der Waals surface area contributed by atoms with Crippen molar-refractivity contribution in [3.8, 4) is 0 Å². The van der Waals surface area contributed by atoms with Gasteiger partial charge in [-0.3, -0.25) is 9.59 Å². The average molecular weight is 462 g/mol. The number of hydrogen-bond acceptors (Lipinski definition) is 6. The predicted molar refractivity (Wildman–Crippen MR) is 125 cm³/mol. The highest BCUT2D eigenvalue weighted by atomic mass is 32.2. The number of rotatable bonds is 8. The van der Waals surface area contributed by atoms with Crippen LogP contribution < -0.4 is 10.6 Å². The molecule has 1 aromatic rings. The molecule has 7 nitrogen and oxygen atoms in total. The highest BCUT2D eigenvalue weighted by molar-refractivity contribution is 8.00. The van der Waals surface area contributed by atoms with Gasteiger partial charge >= 0.3 is 5.97 Å². The van der Waals surface area contributed by atoms with E-state index in [1.54, 1.807) is 18.3 Å². The first-order chi connectivity index (χ1) is 15.6. The average Bonchev–Trinajstić information content (AvgIpc) is 3.21. The Hall–Kier alpha value is -2.09. The highest BCUT2D eigenvalue weighted by Gasteiger charge is 2.20. The van der Waals surface area contributed by atoms with Gasteiger partial charge in [0.05, 0.1) is 11.3 Å². The Morgan fingerprint density at radius 3 is 2.03 bits per heavy atom. The van der Waals surface area contributed by atoms with Crippen LogP contribution in [-0.2, 0) is 14.3 Å². The Balaban J connectivity index is 1.45. The van der Waals surface area contributed by atoms with Crippen LogP contribution >= 0.6 is 11.8 Å². The van der Waals surface area contributed by atoms with Crippen molar-refractivity contribution < 1.29 is 19.1 Å². The lowest BCUT2D eigenvalue weighted by molar-refractivity contribution is -0.125. The van der Waals surface area contributed by atoms with Crippen LogP contribution in [0.3, 0.4) is 0 Å². The maximum Gasteiger partial charge on any atom is 0.341 e. The third kappa shape index (κ3) is 8.45. The fourth-order valence-electron chi connectivity index (χ4n) is 4.39. The van der Waals surface area contributed by atoms with E-state index in [1.165, 1.54) is 37.4 Å². The number of amides is 2. The third-order valence-electron chi connectivity index (χ3n) is 6.11. The van der Waals surface area contributed by atoms with Gasteiger partial charge in [-0.15, -0.1) is 0 Å². The van der Waals surface area contributed by atoms with Crippen LogP contribution in [0.25, 0.3) is 0 Å². The quantitative estimate of drug-likeness (QED) is 0.345. The van der Waals surface area contributed by atoms with E-state index in [0.29, 0.717) is 5.03 Å².